The highest BCUT2D eigenvalue weighted by Gasteiger charge is 2.27. The predicted octanol–water partition coefficient (Wildman–Crippen LogP) is 3.77. The van der Waals surface area contributed by atoms with Crippen LogP contribution >= 0.6 is 0 Å². The van der Waals surface area contributed by atoms with Gasteiger partial charge in [-0.3, -0.25) is 4.79 Å². The zero-order chi connectivity index (χ0) is 22.3. The second-order valence-corrected chi connectivity index (χ2v) is 8.98. The van der Waals surface area contributed by atoms with Crippen LogP contribution in [0, 0.1) is 13.8 Å². The summed E-state index contributed by atoms with van der Waals surface area (Å²) in [7, 11) is -3.81. The number of sulfonamides is 1. The number of hydrogen-bond donors (Lipinski definition) is 1. The molecule has 4 rings (SSSR count). The fourth-order valence-electron chi connectivity index (χ4n) is 4.11. The summed E-state index contributed by atoms with van der Waals surface area (Å²) in [5, 5.41) is 5.25. The van der Waals surface area contributed by atoms with Crippen LogP contribution in [0.1, 0.15) is 35.0 Å². The Morgan fingerprint density at radius 1 is 1.06 bits per heavy atom. The van der Waals surface area contributed by atoms with Crippen molar-refractivity contribution in [2.45, 2.75) is 32.1 Å². The van der Waals surface area contributed by atoms with Crippen LogP contribution in [0.5, 0.6) is 11.5 Å². The van der Waals surface area contributed by atoms with E-state index in [9.17, 15) is 13.2 Å². The molecule has 2 aromatic carbocycles. The Labute approximate surface area is 181 Å². The molecule has 1 aliphatic heterocycles. The van der Waals surface area contributed by atoms with Crippen LogP contribution in [0.2, 0.25) is 0 Å². The van der Waals surface area contributed by atoms with E-state index in [1.165, 1.54) is 12.1 Å². The van der Waals surface area contributed by atoms with Crippen molar-refractivity contribution in [1.29, 1.82) is 0 Å². The summed E-state index contributed by atoms with van der Waals surface area (Å²) in [5.74, 6) is 1.33. The minimum Gasteiger partial charge on any atom is -0.486 e. The molecule has 0 saturated carbocycles. The highest BCUT2D eigenvalue weighted by molar-refractivity contribution is 7.89. The fraction of sp³-hybridized carbons (Fsp3) is 0.261. The van der Waals surface area contributed by atoms with Gasteiger partial charge in [0.2, 0.25) is 10.0 Å². The number of ketones is 1. The Kier molecular flexibility index (Phi) is 5.36. The summed E-state index contributed by atoms with van der Waals surface area (Å²) in [6.45, 7) is 6.56. The van der Waals surface area contributed by atoms with Crippen LogP contribution in [0.3, 0.4) is 0 Å². The van der Waals surface area contributed by atoms with E-state index in [4.69, 9.17) is 14.6 Å². The molecular weight excluding hydrogens is 416 g/mol. The third-order valence-electron chi connectivity index (χ3n) is 5.50. The molecule has 0 aliphatic carbocycles. The molecule has 2 heterocycles. The van der Waals surface area contributed by atoms with Crippen molar-refractivity contribution < 1.29 is 22.7 Å². The molecule has 1 aromatic heterocycles. The molecule has 7 nitrogen and oxygen atoms in total. The lowest BCUT2D eigenvalue weighted by Crippen LogP contribution is -2.16. The molecule has 3 aromatic rings. The van der Waals surface area contributed by atoms with Gasteiger partial charge in [-0.1, -0.05) is 13.0 Å². The molecule has 0 amide bonds. The Morgan fingerprint density at radius 2 is 1.74 bits per heavy atom. The smallest absolute Gasteiger partial charge is 0.238 e. The number of Topliss-reactive ketones (excluding diaryl/α,β-unsaturated/α-hetero) is 1. The Morgan fingerprint density at radius 3 is 2.39 bits per heavy atom. The van der Waals surface area contributed by atoms with E-state index >= 15 is 0 Å². The molecule has 2 N–H and O–H groups in total. The quantitative estimate of drug-likeness (QED) is 0.609. The number of ether oxygens (including phenoxy) is 2. The van der Waals surface area contributed by atoms with Crippen molar-refractivity contribution in [3.8, 4) is 28.4 Å². The first-order valence-corrected chi connectivity index (χ1v) is 11.6. The van der Waals surface area contributed by atoms with Gasteiger partial charge in [0.05, 0.1) is 10.6 Å². The van der Waals surface area contributed by atoms with Crippen LogP contribution in [-0.4, -0.2) is 32.0 Å². The number of carbonyl (C=O) groups excluding carboxylic acids is 1. The monoisotopic (exact) mass is 440 g/mol. The first-order valence-electron chi connectivity index (χ1n) is 10.0. The minimum atomic E-state index is -3.81. The van der Waals surface area contributed by atoms with Gasteiger partial charge in [-0.15, -0.1) is 0 Å². The number of fused-ring (bicyclic) bond motifs is 1. The van der Waals surface area contributed by atoms with Crippen molar-refractivity contribution in [2.75, 3.05) is 13.2 Å². The number of para-hydroxylation sites is 1. The van der Waals surface area contributed by atoms with Crippen LogP contribution in [0.4, 0.5) is 0 Å². The van der Waals surface area contributed by atoms with E-state index in [1.54, 1.807) is 12.1 Å². The molecule has 0 atom stereocenters. The lowest BCUT2D eigenvalue weighted by Gasteiger charge is -2.22. The molecule has 0 bridgehead atoms. The van der Waals surface area contributed by atoms with Crippen LogP contribution in [0.15, 0.2) is 47.4 Å². The predicted molar refractivity (Wildman–Crippen MR) is 118 cm³/mol. The lowest BCUT2D eigenvalue weighted by molar-refractivity contribution is 0.0987. The second-order valence-electron chi connectivity index (χ2n) is 7.41. The molecule has 0 spiro atoms. The highest BCUT2D eigenvalue weighted by atomic mass is 32.2. The highest BCUT2D eigenvalue weighted by Crippen LogP contribution is 2.44. The number of nitrogens with zero attached hydrogens (tertiary/aromatic N) is 1. The van der Waals surface area contributed by atoms with E-state index in [2.05, 4.69) is 0 Å². The number of aromatic nitrogens is 1. The topological polar surface area (TPSA) is 101 Å². The van der Waals surface area contributed by atoms with Crippen LogP contribution < -0.4 is 14.6 Å². The van der Waals surface area contributed by atoms with Crippen molar-refractivity contribution in [3.63, 3.8) is 0 Å². The summed E-state index contributed by atoms with van der Waals surface area (Å²) in [4.78, 5) is 12.8. The first-order chi connectivity index (χ1) is 14.7. The summed E-state index contributed by atoms with van der Waals surface area (Å²) in [6, 6.07) is 12.0. The number of benzene rings is 2. The van der Waals surface area contributed by atoms with Gasteiger partial charge in [0.1, 0.15) is 13.2 Å². The normalized spacial score (nSPS) is 13.3. The van der Waals surface area contributed by atoms with E-state index in [-0.39, 0.29) is 10.7 Å². The molecule has 0 radical (unpaired) electrons. The third kappa shape index (κ3) is 3.62. The molecule has 8 heteroatoms. The van der Waals surface area contributed by atoms with E-state index in [1.807, 2.05) is 43.5 Å². The molecule has 0 unspecified atom stereocenters. The molecule has 0 fully saturated rings. The standard InChI is InChI=1S/C23H24N2O5S/c1-4-19(26)21-14(2)22(18-6-5-7-20-23(18)30-13-12-29-20)25(15(21)3)16-8-10-17(11-9-16)31(24,27)28/h5-11H,4,12-13H2,1-3H3,(H2,24,27,28). The summed E-state index contributed by atoms with van der Waals surface area (Å²) in [5.41, 5.74) is 4.60. The summed E-state index contributed by atoms with van der Waals surface area (Å²) < 4.78 is 37.0. The molecule has 1 aliphatic rings. The van der Waals surface area contributed by atoms with Gasteiger partial charge in [0, 0.05) is 28.9 Å². The van der Waals surface area contributed by atoms with Crippen molar-refractivity contribution in [2.24, 2.45) is 5.14 Å². The van der Waals surface area contributed by atoms with Crippen molar-refractivity contribution in [3.05, 3.63) is 59.3 Å². The van der Waals surface area contributed by atoms with Gasteiger partial charge < -0.3 is 14.0 Å². The van der Waals surface area contributed by atoms with Gasteiger partial charge in [0.25, 0.3) is 0 Å². The number of nitrogens with two attached hydrogens (primary N) is 1. The number of hydrogen-bond acceptors (Lipinski definition) is 5. The lowest BCUT2D eigenvalue weighted by atomic mass is 10.0. The molecular formula is C23H24N2O5S. The summed E-state index contributed by atoms with van der Waals surface area (Å²) >= 11 is 0. The van der Waals surface area contributed by atoms with Crippen molar-refractivity contribution in [1.82, 2.24) is 4.57 Å². The van der Waals surface area contributed by atoms with E-state index in [0.717, 1.165) is 22.5 Å². The van der Waals surface area contributed by atoms with Gasteiger partial charge >= 0.3 is 0 Å². The Balaban J connectivity index is 2.01. The third-order valence-corrected chi connectivity index (χ3v) is 6.42. The van der Waals surface area contributed by atoms with Crippen LogP contribution in [0.25, 0.3) is 16.9 Å². The minimum absolute atomic E-state index is 0.0259. The number of rotatable bonds is 5. The van der Waals surface area contributed by atoms with Gasteiger partial charge in [0.15, 0.2) is 17.3 Å². The van der Waals surface area contributed by atoms with Gasteiger partial charge in [-0.2, -0.15) is 0 Å². The van der Waals surface area contributed by atoms with E-state index < -0.39 is 10.0 Å². The molecule has 31 heavy (non-hydrogen) atoms. The average Bonchev–Trinajstić information content (AvgIpc) is 3.02. The second kappa shape index (κ2) is 7.86. The number of carbonyl (C=O) groups is 1. The Hall–Kier alpha value is -3.10. The zero-order valence-corrected chi connectivity index (χ0v) is 18.5. The maximum atomic E-state index is 12.8. The Bertz CT molecular complexity index is 1270. The largest absolute Gasteiger partial charge is 0.486 e. The average molecular weight is 441 g/mol. The molecule has 162 valence electrons. The maximum absolute atomic E-state index is 12.8. The molecule has 0 saturated heterocycles. The van der Waals surface area contributed by atoms with Gasteiger partial charge in [-0.05, 0) is 55.8 Å². The van der Waals surface area contributed by atoms with Crippen LogP contribution in [-0.2, 0) is 10.0 Å². The maximum Gasteiger partial charge on any atom is 0.238 e. The number of primary sulfonamides is 1. The van der Waals surface area contributed by atoms with E-state index in [0.29, 0.717) is 42.4 Å². The SMILES string of the molecule is CCC(=O)c1c(C)c(-c2cccc3c2OCCO3)n(-c2ccc(S(N)(=O)=O)cc2)c1C. The first kappa shape index (κ1) is 21.1. The van der Waals surface area contributed by atoms with Gasteiger partial charge in [-0.25, -0.2) is 13.6 Å². The van der Waals surface area contributed by atoms with Crippen molar-refractivity contribution >= 4 is 15.8 Å². The fourth-order valence-corrected chi connectivity index (χ4v) is 4.63. The summed E-state index contributed by atoms with van der Waals surface area (Å²) in [6.07, 6.45) is 0.377. The zero-order valence-electron chi connectivity index (χ0n) is 17.6.